The number of imidazole rings is 1. The highest BCUT2D eigenvalue weighted by Gasteiger charge is 2.34. The van der Waals surface area contributed by atoms with E-state index >= 15 is 0 Å². The zero-order valence-electron chi connectivity index (χ0n) is 12.1. The number of halogens is 1. The summed E-state index contributed by atoms with van der Waals surface area (Å²) in [5.74, 6) is -0.842. The largest absolute Gasteiger partial charge is 0.388 e. The van der Waals surface area contributed by atoms with Gasteiger partial charge in [0.15, 0.2) is 0 Å². The van der Waals surface area contributed by atoms with E-state index in [0.717, 1.165) is 11.0 Å². The Balaban J connectivity index is 1.71. The number of hydrogen-bond donors (Lipinski definition) is 2. The maximum Gasteiger partial charge on any atom is 0.234 e. The number of fused-ring (bicyclic) bond motifs is 3. The van der Waals surface area contributed by atoms with Gasteiger partial charge < -0.3 is 9.67 Å². The van der Waals surface area contributed by atoms with Crippen LogP contribution in [0.1, 0.15) is 11.7 Å². The van der Waals surface area contributed by atoms with Crippen LogP contribution in [0, 0.1) is 11.7 Å². The predicted molar refractivity (Wildman–Crippen MR) is 83.2 cm³/mol. The number of benzene rings is 2. The lowest BCUT2D eigenvalue weighted by Gasteiger charge is -2.27. The van der Waals surface area contributed by atoms with E-state index in [2.05, 4.69) is 10.3 Å². The topological polar surface area (TPSA) is 67.2 Å². The van der Waals surface area contributed by atoms with E-state index in [1.54, 1.807) is 0 Å². The summed E-state index contributed by atoms with van der Waals surface area (Å²) < 4.78 is 14.9. The quantitative estimate of drug-likeness (QED) is 0.764. The second-order valence-corrected chi connectivity index (χ2v) is 5.63. The van der Waals surface area contributed by atoms with Crippen LogP contribution in [-0.4, -0.2) is 20.6 Å². The van der Waals surface area contributed by atoms with Crippen molar-refractivity contribution >= 4 is 22.9 Å². The van der Waals surface area contributed by atoms with E-state index in [1.165, 1.54) is 24.3 Å². The number of aliphatic hydroxyl groups is 1. The number of carbonyl (C=O) groups excluding carboxylic acids is 1. The number of rotatable bonds is 2. The van der Waals surface area contributed by atoms with Crippen molar-refractivity contribution in [2.24, 2.45) is 5.92 Å². The molecule has 2 heterocycles. The highest BCUT2D eigenvalue weighted by Crippen LogP contribution is 2.31. The summed E-state index contributed by atoms with van der Waals surface area (Å²) in [5, 5.41) is 13.3. The molecule has 0 aliphatic carbocycles. The van der Waals surface area contributed by atoms with Gasteiger partial charge in [-0.1, -0.05) is 24.3 Å². The van der Waals surface area contributed by atoms with Crippen LogP contribution in [0.5, 0.6) is 0 Å². The van der Waals surface area contributed by atoms with E-state index in [4.69, 9.17) is 0 Å². The van der Waals surface area contributed by atoms with Crippen molar-refractivity contribution in [3.05, 3.63) is 59.9 Å². The van der Waals surface area contributed by atoms with E-state index < -0.39 is 12.0 Å². The normalized spacial score (nSPS) is 18.5. The molecule has 2 unspecified atom stereocenters. The van der Waals surface area contributed by atoms with Crippen LogP contribution >= 0.6 is 0 Å². The van der Waals surface area contributed by atoms with Gasteiger partial charge >= 0.3 is 0 Å². The Bertz CT molecular complexity index is 888. The molecule has 23 heavy (non-hydrogen) atoms. The Kier molecular flexibility index (Phi) is 3.12. The predicted octanol–water partition coefficient (Wildman–Crippen LogP) is 2.48. The first-order valence-electron chi connectivity index (χ1n) is 7.33. The molecule has 0 fully saturated rings. The average molecular weight is 311 g/mol. The van der Waals surface area contributed by atoms with Gasteiger partial charge in [0.05, 0.1) is 23.1 Å². The highest BCUT2D eigenvalue weighted by atomic mass is 19.1. The first kappa shape index (κ1) is 13.9. The molecular weight excluding hydrogens is 297 g/mol. The smallest absolute Gasteiger partial charge is 0.234 e. The van der Waals surface area contributed by atoms with Crippen LogP contribution in [0.2, 0.25) is 0 Å². The number of nitrogens with zero attached hydrogens (tertiary/aromatic N) is 2. The third-order valence-electron chi connectivity index (χ3n) is 4.20. The van der Waals surface area contributed by atoms with Crippen LogP contribution in [0.4, 0.5) is 10.3 Å². The van der Waals surface area contributed by atoms with E-state index in [-0.39, 0.29) is 11.7 Å². The standard InChI is InChI=1S/C17H14FN3O2/c18-11-7-5-10(6-8-11)15(22)12-9-21-14-4-2-1-3-13(14)19-17(21)20-16(12)23/h1-8,12,15,22H,9H2,(H,19,20,23). The van der Waals surface area contributed by atoms with E-state index in [0.29, 0.717) is 18.1 Å². The summed E-state index contributed by atoms with van der Waals surface area (Å²) >= 11 is 0. The molecule has 5 nitrogen and oxygen atoms in total. The lowest BCUT2D eigenvalue weighted by molar-refractivity contribution is -0.124. The number of aliphatic hydroxyl groups excluding tert-OH is 1. The Morgan fingerprint density at radius 3 is 2.74 bits per heavy atom. The Hall–Kier alpha value is -2.73. The van der Waals surface area contributed by atoms with Crippen molar-refractivity contribution in [1.82, 2.24) is 9.55 Å². The van der Waals surface area contributed by atoms with E-state index in [9.17, 15) is 14.3 Å². The first-order chi connectivity index (χ1) is 11.1. The van der Waals surface area contributed by atoms with Crippen LogP contribution in [0.15, 0.2) is 48.5 Å². The molecule has 3 aromatic rings. The molecule has 1 aliphatic heterocycles. The summed E-state index contributed by atoms with van der Waals surface area (Å²) in [6.07, 6.45) is -1.01. The Morgan fingerprint density at radius 1 is 1.22 bits per heavy atom. The van der Waals surface area contributed by atoms with Crippen molar-refractivity contribution in [1.29, 1.82) is 0 Å². The molecule has 1 amide bonds. The Morgan fingerprint density at radius 2 is 1.96 bits per heavy atom. The van der Waals surface area contributed by atoms with Crippen molar-refractivity contribution in [3.63, 3.8) is 0 Å². The van der Waals surface area contributed by atoms with Gasteiger partial charge in [0.1, 0.15) is 5.82 Å². The fraction of sp³-hybridized carbons (Fsp3) is 0.176. The molecule has 0 bridgehead atoms. The molecule has 0 saturated carbocycles. The maximum absolute atomic E-state index is 13.0. The number of hydrogen-bond acceptors (Lipinski definition) is 3. The minimum atomic E-state index is -1.01. The maximum atomic E-state index is 13.0. The van der Waals surface area contributed by atoms with Crippen LogP contribution in [-0.2, 0) is 11.3 Å². The molecule has 0 radical (unpaired) electrons. The van der Waals surface area contributed by atoms with Crippen LogP contribution in [0.25, 0.3) is 11.0 Å². The average Bonchev–Trinajstić information content (AvgIpc) is 2.91. The first-order valence-corrected chi connectivity index (χ1v) is 7.33. The van der Waals surface area contributed by atoms with Gasteiger partial charge in [-0.15, -0.1) is 0 Å². The van der Waals surface area contributed by atoms with Crippen molar-refractivity contribution in [2.75, 3.05) is 5.32 Å². The van der Waals surface area contributed by atoms with Crippen molar-refractivity contribution < 1.29 is 14.3 Å². The minimum absolute atomic E-state index is 0.287. The van der Waals surface area contributed by atoms with Gasteiger partial charge in [-0.3, -0.25) is 10.1 Å². The Labute approximate surface area is 131 Å². The van der Waals surface area contributed by atoms with Gasteiger partial charge in [-0.05, 0) is 29.8 Å². The third-order valence-corrected chi connectivity index (χ3v) is 4.20. The molecule has 116 valence electrons. The molecule has 0 saturated heterocycles. The van der Waals surface area contributed by atoms with Gasteiger partial charge in [0.2, 0.25) is 11.9 Å². The van der Waals surface area contributed by atoms with Gasteiger partial charge in [0.25, 0.3) is 0 Å². The van der Waals surface area contributed by atoms with Gasteiger partial charge in [-0.2, -0.15) is 0 Å². The zero-order chi connectivity index (χ0) is 16.0. The molecule has 6 heteroatoms. The lowest BCUT2D eigenvalue weighted by atomic mass is 9.93. The zero-order valence-corrected chi connectivity index (χ0v) is 12.1. The number of amides is 1. The van der Waals surface area contributed by atoms with Gasteiger partial charge in [0, 0.05) is 6.54 Å². The molecule has 2 aromatic carbocycles. The molecular formula is C17H14FN3O2. The second-order valence-electron chi connectivity index (χ2n) is 5.63. The molecule has 2 N–H and O–H groups in total. The van der Waals surface area contributed by atoms with Crippen LogP contribution < -0.4 is 5.32 Å². The summed E-state index contributed by atoms with van der Waals surface area (Å²) in [4.78, 5) is 16.7. The minimum Gasteiger partial charge on any atom is -0.388 e. The van der Waals surface area contributed by atoms with Crippen LogP contribution in [0.3, 0.4) is 0 Å². The van der Waals surface area contributed by atoms with E-state index in [1.807, 2.05) is 28.8 Å². The van der Waals surface area contributed by atoms with Crippen molar-refractivity contribution in [2.45, 2.75) is 12.6 Å². The van der Waals surface area contributed by atoms with Gasteiger partial charge in [-0.25, -0.2) is 9.37 Å². The summed E-state index contributed by atoms with van der Waals surface area (Å²) in [6, 6.07) is 13.1. The summed E-state index contributed by atoms with van der Waals surface area (Å²) in [6.45, 7) is 0.320. The number of carbonyl (C=O) groups is 1. The fourth-order valence-corrected chi connectivity index (χ4v) is 2.97. The molecule has 4 rings (SSSR count). The SMILES string of the molecule is O=C1Nc2nc3ccccc3n2CC1C(O)c1ccc(F)cc1. The number of para-hydroxylation sites is 2. The summed E-state index contributed by atoms with van der Waals surface area (Å²) in [5.41, 5.74) is 2.21. The number of nitrogens with one attached hydrogen (secondary N) is 1. The monoisotopic (exact) mass is 311 g/mol. The summed E-state index contributed by atoms with van der Waals surface area (Å²) in [7, 11) is 0. The highest BCUT2D eigenvalue weighted by molar-refractivity contribution is 5.95. The molecule has 1 aromatic heterocycles. The third kappa shape index (κ3) is 2.27. The number of anilines is 1. The fourth-order valence-electron chi connectivity index (χ4n) is 2.97. The molecule has 2 atom stereocenters. The number of aromatic nitrogens is 2. The van der Waals surface area contributed by atoms with Crippen molar-refractivity contribution in [3.8, 4) is 0 Å². The molecule has 0 spiro atoms. The molecule has 1 aliphatic rings. The second kappa shape index (κ2) is 5.17. The lowest BCUT2D eigenvalue weighted by Crippen LogP contribution is -2.37.